The molecule has 0 fully saturated rings. The zero-order valence-corrected chi connectivity index (χ0v) is 9.45. The van der Waals surface area contributed by atoms with Crippen molar-refractivity contribution in [2.75, 3.05) is 18.3 Å². The van der Waals surface area contributed by atoms with Crippen LogP contribution in [0.1, 0.15) is 0 Å². The van der Waals surface area contributed by atoms with Crippen LogP contribution in [0.4, 0.5) is 10.5 Å². The minimum atomic E-state index is -3.35. The van der Waals surface area contributed by atoms with Crippen LogP contribution < -0.4 is 10.0 Å². The lowest BCUT2D eigenvalue weighted by molar-refractivity contribution is 0.160. The first kappa shape index (κ1) is 12.5. The van der Waals surface area contributed by atoms with Crippen LogP contribution in [0.3, 0.4) is 0 Å². The molecule has 0 aliphatic carbocycles. The van der Waals surface area contributed by atoms with E-state index in [9.17, 15) is 13.2 Å². The third-order valence-corrected chi connectivity index (χ3v) is 2.19. The van der Waals surface area contributed by atoms with E-state index in [-0.39, 0.29) is 0 Å². The van der Waals surface area contributed by atoms with Gasteiger partial charge in [-0.25, -0.2) is 13.2 Å². The van der Waals surface area contributed by atoms with Crippen LogP contribution in [0, 0.1) is 0 Å². The number of hydrogen-bond donors (Lipinski definition) is 2. The number of nitrogens with one attached hydrogen (secondary N) is 2. The smallest absolute Gasteiger partial charge is 0.412 e. The average molecular weight is 244 g/mol. The summed E-state index contributed by atoms with van der Waals surface area (Å²) in [5.74, 6) is 0. The molecule has 7 heteroatoms. The molecule has 0 unspecified atom stereocenters. The van der Waals surface area contributed by atoms with Crippen LogP contribution in [-0.2, 0) is 14.8 Å². The maximum Gasteiger partial charge on any atom is 0.412 e. The van der Waals surface area contributed by atoms with E-state index in [1.165, 1.54) is 0 Å². The highest BCUT2D eigenvalue weighted by Gasteiger charge is 2.04. The van der Waals surface area contributed by atoms with Crippen LogP contribution in [0.2, 0.25) is 0 Å². The van der Waals surface area contributed by atoms with E-state index in [1.807, 2.05) is 10.8 Å². The maximum atomic E-state index is 11.1. The molecule has 1 aromatic carbocycles. The van der Waals surface area contributed by atoms with Gasteiger partial charge in [0.15, 0.2) is 6.73 Å². The molecule has 0 heterocycles. The van der Waals surface area contributed by atoms with Gasteiger partial charge in [0.1, 0.15) is 0 Å². The molecule has 2 N–H and O–H groups in total. The van der Waals surface area contributed by atoms with Crippen molar-refractivity contribution in [2.45, 2.75) is 0 Å². The molecule has 0 atom stereocenters. The Bertz CT molecular complexity index is 444. The van der Waals surface area contributed by atoms with E-state index in [0.29, 0.717) is 5.69 Å². The van der Waals surface area contributed by atoms with Crippen molar-refractivity contribution in [3.05, 3.63) is 30.3 Å². The lowest BCUT2D eigenvalue weighted by Crippen LogP contribution is -2.28. The van der Waals surface area contributed by atoms with E-state index >= 15 is 0 Å². The molecule has 0 bridgehead atoms. The number of carbonyl (C=O) groups is 1. The molecule has 88 valence electrons. The molecular formula is C9H12N2O4S. The molecule has 1 aromatic rings. The van der Waals surface area contributed by atoms with E-state index < -0.39 is 22.8 Å². The Labute approximate surface area is 93.7 Å². The fourth-order valence-corrected chi connectivity index (χ4v) is 1.15. The van der Waals surface area contributed by atoms with E-state index in [0.717, 1.165) is 6.26 Å². The first-order valence-corrected chi connectivity index (χ1v) is 6.30. The Balaban J connectivity index is 2.32. The van der Waals surface area contributed by atoms with Gasteiger partial charge in [-0.1, -0.05) is 18.2 Å². The number of hydrogen-bond acceptors (Lipinski definition) is 4. The van der Waals surface area contributed by atoms with Crippen LogP contribution in [0.15, 0.2) is 30.3 Å². The molecule has 6 nitrogen and oxygen atoms in total. The quantitative estimate of drug-likeness (QED) is 0.765. The fraction of sp³-hybridized carbons (Fsp3) is 0.222. The molecular weight excluding hydrogens is 232 g/mol. The van der Waals surface area contributed by atoms with Crippen molar-refractivity contribution < 1.29 is 17.9 Å². The zero-order chi connectivity index (χ0) is 12.0. The van der Waals surface area contributed by atoms with Gasteiger partial charge in [0, 0.05) is 5.69 Å². The number of rotatable bonds is 4. The summed E-state index contributed by atoms with van der Waals surface area (Å²) in [5.41, 5.74) is 0.576. The summed E-state index contributed by atoms with van der Waals surface area (Å²) in [6, 6.07) is 8.69. The summed E-state index contributed by atoms with van der Waals surface area (Å²) in [7, 11) is -3.35. The Morgan fingerprint density at radius 2 is 1.94 bits per heavy atom. The fourth-order valence-electron chi connectivity index (χ4n) is 0.877. The molecule has 0 aliphatic heterocycles. The lowest BCUT2D eigenvalue weighted by atomic mass is 10.3. The summed E-state index contributed by atoms with van der Waals surface area (Å²) in [6.45, 7) is -0.391. The van der Waals surface area contributed by atoms with Gasteiger partial charge in [0.2, 0.25) is 10.0 Å². The van der Waals surface area contributed by atoms with Gasteiger partial charge in [-0.15, -0.1) is 0 Å². The number of para-hydroxylation sites is 1. The van der Waals surface area contributed by atoms with Gasteiger partial charge in [-0.3, -0.25) is 5.32 Å². The summed E-state index contributed by atoms with van der Waals surface area (Å²) >= 11 is 0. The number of benzene rings is 1. The van der Waals surface area contributed by atoms with Gasteiger partial charge in [0.05, 0.1) is 6.26 Å². The Morgan fingerprint density at radius 3 is 2.50 bits per heavy atom. The van der Waals surface area contributed by atoms with Crippen molar-refractivity contribution in [2.24, 2.45) is 0 Å². The minimum Gasteiger partial charge on any atom is -0.432 e. The maximum absolute atomic E-state index is 11.1. The minimum absolute atomic E-state index is 0.391. The van der Waals surface area contributed by atoms with Crippen molar-refractivity contribution >= 4 is 21.8 Å². The highest BCUT2D eigenvalue weighted by atomic mass is 32.2. The molecule has 0 saturated carbocycles. The average Bonchev–Trinajstić information content (AvgIpc) is 2.17. The monoisotopic (exact) mass is 244 g/mol. The van der Waals surface area contributed by atoms with Crippen LogP contribution in [0.5, 0.6) is 0 Å². The normalized spacial score (nSPS) is 10.8. The van der Waals surface area contributed by atoms with Crippen molar-refractivity contribution in [3.8, 4) is 0 Å². The molecule has 1 amide bonds. The summed E-state index contributed by atoms with van der Waals surface area (Å²) < 4.78 is 27.9. The topological polar surface area (TPSA) is 84.5 Å². The summed E-state index contributed by atoms with van der Waals surface area (Å²) in [4.78, 5) is 11.1. The lowest BCUT2D eigenvalue weighted by Gasteiger charge is -2.06. The Morgan fingerprint density at radius 1 is 1.31 bits per heavy atom. The SMILES string of the molecule is CS(=O)(=O)NCOC(=O)Nc1ccccc1. The van der Waals surface area contributed by atoms with Gasteiger partial charge < -0.3 is 4.74 Å². The van der Waals surface area contributed by atoms with Crippen LogP contribution in [0.25, 0.3) is 0 Å². The molecule has 0 aliphatic rings. The number of anilines is 1. The molecule has 0 saturated heterocycles. The summed E-state index contributed by atoms with van der Waals surface area (Å²) in [5, 5.41) is 2.43. The van der Waals surface area contributed by atoms with Crippen molar-refractivity contribution in [1.82, 2.24) is 4.72 Å². The second-order valence-corrected chi connectivity index (χ2v) is 4.82. The first-order valence-electron chi connectivity index (χ1n) is 4.41. The van der Waals surface area contributed by atoms with Gasteiger partial charge >= 0.3 is 6.09 Å². The van der Waals surface area contributed by atoms with Crippen molar-refractivity contribution in [1.29, 1.82) is 0 Å². The predicted molar refractivity (Wildman–Crippen MR) is 59.4 cm³/mol. The second-order valence-electron chi connectivity index (χ2n) is 2.98. The second kappa shape index (κ2) is 5.47. The highest BCUT2D eigenvalue weighted by Crippen LogP contribution is 2.04. The molecule has 1 rings (SSSR count). The molecule has 0 radical (unpaired) electrons. The number of amides is 1. The highest BCUT2D eigenvalue weighted by molar-refractivity contribution is 7.88. The molecule has 0 spiro atoms. The number of ether oxygens (including phenoxy) is 1. The molecule has 16 heavy (non-hydrogen) atoms. The van der Waals surface area contributed by atoms with E-state index in [4.69, 9.17) is 0 Å². The number of sulfonamides is 1. The standard InChI is InChI=1S/C9H12N2O4S/c1-16(13,14)10-7-15-9(12)11-8-5-3-2-4-6-8/h2-6,10H,7H2,1H3,(H,11,12). The molecule has 0 aromatic heterocycles. The number of carbonyl (C=O) groups excluding carboxylic acids is 1. The van der Waals surface area contributed by atoms with Crippen LogP contribution >= 0.6 is 0 Å². The summed E-state index contributed by atoms with van der Waals surface area (Å²) in [6.07, 6.45) is 0.258. The van der Waals surface area contributed by atoms with Crippen molar-refractivity contribution in [3.63, 3.8) is 0 Å². The van der Waals surface area contributed by atoms with E-state index in [2.05, 4.69) is 10.1 Å². The third kappa shape index (κ3) is 5.32. The Hall–Kier alpha value is -1.60. The third-order valence-electron chi connectivity index (χ3n) is 1.54. The largest absolute Gasteiger partial charge is 0.432 e. The van der Waals surface area contributed by atoms with Crippen LogP contribution in [-0.4, -0.2) is 27.5 Å². The zero-order valence-electron chi connectivity index (χ0n) is 8.64. The predicted octanol–water partition coefficient (Wildman–Crippen LogP) is 0.742. The Kier molecular flexibility index (Phi) is 4.27. The van der Waals surface area contributed by atoms with Gasteiger partial charge in [0.25, 0.3) is 0 Å². The van der Waals surface area contributed by atoms with E-state index in [1.54, 1.807) is 24.3 Å². The first-order chi connectivity index (χ1) is 7.47. The van der Waals surface area contributed by atoms with Gasteiger partial charge in [-0.05, 0) is 12.1 Å². The van der Waals surface area contributed by atoms with Gasteiger partial charge in [-0.2, -0.15) is 4.72 Å².